The highest BCUT2D eigenvalue weighted by atomic mass is 19.1. The molecule has 2 aromatic carbocycles. The van der Waals surface area contributed by atoms with Crippen LogP contribution in [0.3, 0.4) is 0 Å². The van der Waals surface area contributed by atoms with Crippen LogP contribution < -0.4 is 5.32 Å². The summed E-state index contributed by atoms with van der Waals surface area (Å²) in [6, 6.07) is 9.59. The molecule has 1 unspecified atom stereocenters. The van der Waals surface area contributed by atoms with Crippen molar-refractivity contribution in [3.05, 3.63) is 53.6 Å². The summed E-state index contributed by atoms with van der Waals surface area (Å²) in [6.45, 7) is 6.56. The topological polar surface area (TPSA) is 12.0 Å². The normalized spacial score (nSPS) is 19.8. The van der Waals surface area contributed by atoms with E-state index in [0.29, 0.717) is 11.5 Å². The van der Waals surface area contributed by atoms with Gasteiger partial charge in [-0.2, -0.15) is 0 Å². The number of rotatable bonds is 1. The first-order chi connectivity index (χ1) is 9.84. The molecule has 0 amide bonds. The molecule has 0 saturated carbocycles. The fourth-order valence-electron chi connectivity index (χ4n) is 3.28. The summed E-state index contributed by atoms with van der Waals surface area (Å²) >= 11 is 0. The van der Waals surface area contributed by atoms with Crippen LogP contribution in [0.1, 0.15) is 38.7 Å². The van der Waals surface area contributed by atoms with Crippen LogP contribution in [-0.4, -0.2) is 5.54 Å². The molecule has 1 aliphatic rings. The molecule has 1 heterocycles. The van der Waals surface area contributed by atoms with Gasteiger partial charge in [0.1, 0.15) is 11.6 Å². The van der Waals surface area contributed by atoms with Crippen molar-refractivity contribution in [2.45, 2.75) is 38.6 Å². The molecule has 1 nitrogen and oxygen atoms in total. The van der Waals surface area contributed by atoms with Gasteiger partial charge in [0, 0.05) is 17.3 Å². The molecule has 1 aliphatic heterocycles. The third kappa shape index (κ3) is 2.78. The molecule has 21 heavy (non-hydrogen) atoms. The fraction of sp³-hybridized carbons (Fsp3) is 0.333. The first kappa shape index (κ1) is 14.1. The van der Waals surface area contributed by atoms with Crippen molar-refractivity contribution in [2.24, 2.45) is 0 Å². The number of benzene rings is 2. The summed E-state index contributed by atoms with van der Waals surface area (Å²) < 4.78 is 26.8. The van der Waals surface area contributed by atoms with E-state index in [0.717, 1.165) is 23.7 Å². The van der Waals surface area contributed by atoms with Crippen LogP contribution >= 0.6 is 0 Å². The number of hydrogen-bond acceptors (Lipinski definition) is 1. The Hall–Kier alpha value is -1.90. The molecular formula is C18H19F2N. The number of fused-ring (bicyclic) bond motifs is 1. The first-order valence-corrected chi connectivity index (χ1v) is 7.23. The van der Waals surface area contributed by atoms with E-state index in [1.165, 1.54) is 17.7 Å². The fourth-order valence-corrected chi connectivity index (χ4v) is 3.28. The zero-order valence-electron chi connectivity index (χ0n) is 12.5. The van der Waals surface area contributed by atoms with Gasteiger partial charge >= 0.3 is 0 Å². The minimum atomic E-state index is -0.546. The van der Waals surface area contributed by atoms with E-state index >= 15 is 0 Å². The van der Waals surface area contributed by atoms with Crippen LogP contribution in [0.15, 0.2) is 36.4 Å². The zero-order chi connectivity index (χ0) is 15.2. The monoisotopic (exact) mass is 287 g/mol. The van der Waals surface area contributed by atoms with Crippen LogP contribution in [0.4, 0.5) is 14.5 Å². The van der Waals surface area contributed by atoms with Gasteiger partial charge in [-0.15, -0.1) is 0 Å². The van der Waals surface area contributed by atoms with Crippen LogP contribution in [0, 0.1) is 11.6 Å². The third-order valence-electron chi connectivity index (χ3n) is 4.07. The van der Waals surface area contributed by atoms with Crippen molar-refractivity contribution in [3.63, 3.8) is 0 Å². The first-order valence-electron chi connectivity index (χ1n) is 7.23. The molecule has 3 heteroatoms. The van der Waals surface area contributed by atoms with E-state index in [9.17, 15) is 8.78 Å². The van der Waals surface area contributed by atoms with E-state index in [2.05, 4.69) is 26.1 Å². The van der Waals surface area contributed by atoms with Crippen LogP contribution in [0.25, 0.3) is 11.1 Å². The number of hydrogen-bond donors (Lipinski definition) is 1. The van der Waals surface area contributed by atoms with Gasteiger partial charge < -0.3 is 5.32 Å². The lowest BCUT2D eigenvalue weighted by molar-refractivity contribution is 0.454. The summed E-state index contributed by atoms with van der Waals surface area (Å²) in [6.07, 6.45) is 1.03. The Bertz CT molecular complexity index is 671. The third-order valence-corrected chi connectivity index (χ3v) is 4.07. The lowest BCUT2D eigenvalue weighted by Crippen LogP contribution is -2.36. The summed E-state index contributed by atoms with van der Waals surface area (Å²) in [5, 5.41) is 3.52. The Balaban J connectivity index is 2.06. The lowest BCUT2D eigenvalue weighted by Gasteiger charge is -2.37. The number of halogens is 2. The van der Waals surface area contributed by atoms with Crippen LogP contribution in [0.5, 0.6) is 0 Å². The van der Waals surface area contributed by atoms with Gasteiger partial charge in [-0.1, -0.05) is 13.0 Å². The van der Waals surface area contributed by atoms with Crippen LogP contribution in [-0.2, 0) is 0 Å². The summed E-state index contributed by atoms with van der Waals surface area (Å²) in [5.41, 5.74) is 3.81. The second kappa shape index (κ2) is 4.83. The van der Waals surface area contributed by atoms with E-state index < -0.39 is 11.6 Å². The van der Waals surface area contributed by atoms with Gasteiger partial charge in [0.05, 0.1) is 0 Å². The van der Waals surface area contributed by atoms with Crippen molar-refractivity contribution in [2.75, 3.05) is 5.32 Å². The summed E-state index contributed by atoms with van der Waals surface area (Å²) in [5.74, 6) is -0.681. The van der Waals surface area contributed by atoms with E-state index in [1.807, 2.05) is 18.2 Å². The Morgan fingerprint density at radius 1 is 1.00 bits per heavy atom. The van der Waals surface area contributed by atoms with Crippen molar-refractivity contribution < 1.29 is 8.78 Å². The molecule has 0 fully saturated rings. The minimum absolute atomic E-state index is 0.0683. The molecule has 3 rings (SSSR count). The molecular weight excluding hydrogens is 268 g/mol. The predicted molar refractivity (Wildman–Crippen MR) is 82.5 cm³/mol. The molecule has 0 saturated heterocycles. The predicted octanol–water partition coefficient (Wildman–Crippen LogP) is 5.33. The summed E-state index contributed by atoms with van der Waals surface area (Å²) in [4.78, 5) is 0. The Morgan fingerprint density at radius 2 is 1.67 bits per heavy atom. The lowest BCUT2D eigenvalue weighted by atomic mass is 9.81. The smallest absolute Gasteiger partial charge is 0.126 e. The molecule has 0 bridgehead atoms. The van der Waals surface area contributed by atoms with Crippen molar-refractivity contribution in [1.82, 2.24) is 0 Å². The number of nitrogens with one attached hydrogen (secondary N) is 1. The largest absolute Gasteiger partial charge is 0.380 e. The average Bonchev–Trinajstić information content (AvgIpc) is 2.35. The second-order valence-electron chi connectivity index (χ2n) is 6.57. The van der Waals surface area contributed by atoms with Gasteiger partial charge in [0.2, 0.25) is 0 Å². The maximum absolute atomic E-state index is 13.4. The quantitative estimate of drug-likeness (QED) is 0.747. The van der Waals surface area contributed by atoms with Crippen molar-refractivity contribution >= 4 is 5.69 Å². The van der Waals surface area contributed by atoms with Crippen LogP contribution in [0.2, 0.25) is 0 Å². The maximum Gasteiger partial charge on any atom is 0.126 e. The van der Waals surface area contributed by atoms with E-state index in [1.54, 1.807) is 0 Å². The zero-order valence-corrected chi connectivity index (χ0v) is 12.5. The summed E-state index contributed by atoms with van der Waals surface area (Å²) in [7, 11) is 0. The van der Waals surface area contributed by atoms with Gasteiger partial charge in [-0.3, -0.25) is 0 Å². The SMILES string of the molecule is CC1CC(C)(C)Nc2ccc(-c3cc(F)cc(F)c3)cc21. The second-order valence-corrected chi connectivity index (χ2v) is 6.57. The van der Waals surface area contributed by atoms with E-state index in [-0.39, 0.29) is 5.54 Å². The van der Waals surface area contributed by atoms with Crippen molar-refractivity contribution in [1.29, 1.82) is 0 Å². The minimum Gasteiger partial charge on any atom is -0.380 e. The Morgan fingerprint density at radius 3 is 2.33 bits per heavy atom. The van der Waals surface area contributed by atoms with Gasteiger partial charge in [0.15, 0.2) is 0 Å². The molecule has 2 aromatic rings. The van der Waals surface area contributed by atoms with Gasteiger partial charge in [-0.25, -0.2) is 8.78 Å². The molecule has 0 spiro atoms. The Kier molecular flexibility index (Phi) is 3.23. The maximum atomic E-state index is 13.4. The molecule has 0 radical (unpaired) electrons. The van der Waals surface area contributed by atoms with Gasteiger partial charge in [0.25, 0.3) is 0 Å². The van der Waals surface area contributed by atoms with Gasteiger partial charge in [-0.05, 0) is 67.1 Å². The highest BCUT2D eigenvalue weighted by Gasteiger charge is 2.29. The highest BCUT2D eigenvalue weighted by Crippen LogP contribution is 2.40. The standard InChI is InChI=1S/C18H19F2N/c1-11-10-18(2,3)21-17-5-4-12(8-16(11)17)13-6-14(19)9-15(20)7-13/h4-9,11,21H,10H2,1-3H3. The highest BCUT2D eigenvalue weighted by molar-refractivity contribution is 5.70. The molecule has 110 valence electrons. The molecule has 0 aliphatic carbocycles. The average molecular weight is 287 g/mol. The molecule has 0 aromatic heterocycles. The van der Waals surface area contributed by atoms with E-state index in [4.69, 9.17) is 0 Å². The number of anilines is 1. The molecule has 1 atom stereocenters. The Labute approximate surface area is 124 Å². The molecule has 1 N–H and O–H groups in total. The van der Waals surface area contributed by atoms with Crippen molar-refractivity contribution in [3.8, 4) is 11.1 Å².